The Balaban J connectivity index is 1.48. The molecule has 1 N–H and O–H groups in total. The van der Waals surface area contributed by atoms with E-state index in [1.165, 1.54) is 22.6 Å². The number of carbonyl (C=O) groups excluding carboxylic acids is 1. The zero-order valence-corrected chi connectivity index (χ0v) is 21.9. The minimum absolute atomic E-state index is 0.112. The molecule has 37 heavy (non-hydrogen) atoms. The molecule has 4 nitrogen and oxygen atoms in total. The van der Waals surface area contributed by atoms with Crippen molar-refractivity contribution in [2.45, 2.75) is 50.1 Å². The summed E-state index contributed by atoms with van der Waals surface area (Å²) in [6, 6.07) is 24.0. The van der Waals surface area contributed by atoms with Crippen molar-refractivity contribution in [3.8, 4) is 0 Å². The smallest absolute Gasteiger partial charge is 0.257 e. The Kier molecular flexibility index (Phi) is 5.72. The number of rotatable bonds is 3. The lowest BCUT2D eigenvalue weighted by Gasteiger charge is -2.55. The summed E-state index contributed by atoms with van der Waals surface area (Å²) in [5.41, 5.74) is 5.31. The van der Waals surface area contributed by atoms with Gasteiger partial charge in [-0.2, -0.15) is 0 Å². The van der Waals surface area contributed by atoms with Gasteiger partial charge in [0.2, 0.25) is 0 Å². The first kappa shape index (κ1) is 23.9. The summed E-state index contributed by atoms with van der Waals surface area (Å²) >= 11 is 0. The molecule has 1 fully saturated rings. The molecule has 1 aliphatic carbocycles. The summed E-state index contributed by atoms with van der Waals surface area (Å²) in [6.07, 6.45) is 4.17. The van der Waals surface area contributed by atoms with Crippen LogP contribution in [-0.2, 0) is 17.5 Å². The van der Waals surface area contributed by atoms with Crippen LogP contribution in [0.25, 0.3) is 10.9 Å². The van der Waals surface area contributed by atoms with E-state index >= 15 is 0 Å². The van der Waals surface area contributed by atoms with Crippen LogP contribution in [0.5, 0.6) is 0 Å². The predicted molar refractivity (Wildman–Crippen MR) is 146 cm³/mol. The van der Waals surface area contributed by atoms with E-state index in [0.29, 0.717) is 6.54 Å². The Morgan fingerprint density at radius 1 is 0.946 bits per heavy atom. The monoisotopic (exact) mass is 495 g/mol. The second-order valence-electron chi connectivity index (χ2n) is 11.0. The molecule has 0 unspecified atom stereocenters. The third-order valence-electron chi connectivity index (χ3n) is 9.05. The number of carbonyl (C=O) groups is 1. The molecule has 1 aliphatic heterocycles. The van der Waals surface area contributed by atoms with Gasteiger partial charge in [0.15, 0.2) is 0 Å². The zero-order valence-electron chi connectivity index (χ0n) is 21.9. The number of nitrogens with one attached hydrogen (secondary N) is 1. The fourth-order valence-corrected chi connectivity index (χ4v) is 7.01. The Morgan fingerprint density at radius 2 is 1.65 bits per heavy atom. The third-order valence-corrected chi connectivity index (χ3v) is 9.05. The van der Waals surface area contributed by atoms with E-state index in [2.05, 4.69) is 78.6 Å². The van der Waals surface area contributed by atoms with E-state index in [0.717, 1.165) is 48.9 Å². The van der Waals surface area contributed by atoms with E-state index < -0.39 is 11.4 Å². The van der Waals surface area contributed by atoms with Crippen LogP contribution in [0.2, 0.25) is 0 Å². The minimum atomic E-state index is -0.506. The van der Waals surface area contributed by atoms with E-state index in [1.807, 2.05) is 11.8 Å². The first-order valence-corrected chi connectivity index (χ1v) is 13.3. The van der Waals surface area contributed by atoms with Gasteiger partial charge in [-0.15, -0.1) is 0 Å². The van der Waals surface area contributed by atoms with Crippen LogP contribution in [0.3, 0.4) is 0 Å². The van der Waals surface area contributed by atoms with Gasteiger partial charge in [0.1, 0.15) is 5.82 Å². The summed E-state index contributed by atoms with van der Waals surface area (Å²) in [6.45, 7) is 2.49. The van der Waals surface area contributed by atoms with Gasteiger partial charge in [-0.3, -0.25) is 9.69 Å². The lowest BCUT2D eigenvalue weighted by Crippen LogP contribution is -2.58. The highest BCUT2D eigenvalue weighted by Crippen LogP contribution is 2.53. The van der Waals surface area contributed by atoms with Crippen molar-refractivity contribution in [2.24, 2.45) is 0 Å². The molecule has 6 rings (SSSR count). The van der Waals surface area contributed by atoms with Gasteiger partial charge in [-0.05, 0) is 82.4 Å². The number of para-hydroxylation sites is 1. The Hall–Kier alpha value is -3.44. The van der Waals surface area contributed by atoms with Gasteiger partial charge in [0.05, 0.1) is 11.1 Å². The molecular formula is C32H34FN3O. The molecular weight excluding hydrogens is 461 g/mol. The largest absolute Gasteiger partial charge is 0.356 e. The van der Waals surface area contributed by atoms with Crippen LogP contribution in [0, 0.1) is 12.7 Å². The second-order valence-corrected chi connectivity index (χ2v) is 11.0. The molecule has 190 valence electrons. The average molecular weight is 496 g/mol. The van der Waals surface area contributed by atoms with E-state index in [9.17, 15) is 9.18 Å². The lowest BCUT2D eigenvalue weighted by atomic mass is 9.65. The number of hydrogen-bond acceptors (Lipinski definition) is 2. The number of aryl methyl sites for hydroxylation is 1. The highest BCUT2D eigenvalue weighted by atomic mass is 19.1. The summed E-state index contributed by atoms with van der Waals surface area (Å²) in [5, 5.41) is 1.23. The Morgan fingerprint density at radius 3 is 2.38 bits per heavy atom. The minimum Gasteiger partial charge on any atom is -0.356 e. The number of benzene rings is 3. The number of amides is 1. The van der Waals surface area contributed by atoms with Crippen LogP contribution >= 0.6 is 0 Å². The molecule has 0 saturated heterocycles. The lowest BCUT2D eigenvalue weighted by molar-refractivity contribution is -0.0143. The summed E-state index contributed by atoms with van der Waals surface area (Å²) < 4.78 is 15.0. The van der Waals surface area contributed by atoms with Gasteiger partial charge < -0.3 is 9.88 Å². The number of aromatic nitrogens is 1. The van der Waals surface area contributed by atoms with E-state index in [4.69, 9.17) is 0 Å². The number of halogens is 1. The molecule has 3 aromatic carbocycles. The maximum atomic E-state index is 15.0. The number of H-pyrrole nitrogens is 1. The molecule has 1 amide bonds. The summed E-state index contributed by atoms with van der Waals surface area (Å²) in [5.74, 6) is -0.654. The van der Waals surface area contributed by atoms with Gasteiger partial charge in [0, 0.05) is 28.7 Å². The van der Waals surface area contributed by atoms with Crippen molar-refractivity contribution in [1.82, 2.24) is 14.8 Å². The van der Waals surface area contributed by atoms with Crippen LogP contribution in [0.1, 0.15) is 58.4 Å². The number of fused-ring (bicyclic) bond motifs is 4. The maximum absolute atomic E-state index is 15.0. The van der Waals surface area contributed by atoms with Crippen LogP contribution in [0.4, 0.5) is 4.39 Å². The molecule has 5 heteroatoms. The van der Waals surface area contributed by atoms with Crippen LogP contribution in [-0.4, -0.2) is 41.3 Å². The second kappa shape index (κ2) is 8.84. The Labute approximate surface area is 218 Å². The summed E-state index contributed by atoms with van der Waals surface area (Å²) in [7, 11) is 4.32. The molecule has 1 aromatic heterocycles. The molecule has 0 bridgehead atoms. The third kappa shape index (κ3) is 3.63. The van der Waals surface area contributed by atoms with Crippen LogP contribution in [0.15, 0.2) is 72.8 Å². The molecule has 4 aromatic rings. The first-order valence-electron chi connectivity index (χ1n) is 13.3. The zero-order chi connectivity index (χ0) is 25.8. The Bertz CT molecular complexity index is 1460. The molecule has 1 spiro atoms. The van der Waals surface area contributed by atoms with Crippen molar-refractivity contribution < 1.29 is 9.18 Å². The highest BCUT2D eigenvalue weighted by Gasteiger charge is 2.53. The molecule has 0 radical (unpaired) electrons. The molecule has 1 saturated carbocycles. The van der Waals surface area contributed by atoms with Crippen molar-refractivity contribution in [3.05, 3.63) is 107 Å². The van der Waals surface area contributed by atoms with Crippen molar-refractivity contribution in [3.63, 3.8) is 0 Å². The normalized spacial score (nSPS) is 23.5. The standard InChI is InChI=1S/C32H34FN3O/c1-22-13-14-27(33)26(21-22)30(37)36-20-15-25-24-11-7-8-12-28(24)34-29(25)32(36)18-16-31(17-19-32,35(2)3)23-9-5-4-6-10-23/h4-14,21,34H,15-20H2,1-3H3. The molecule has 0 atom stereocenters. The van der Waals surface area contributed by atoms with Crippen molar-refractivity contribution in [1.29, 1.82) is 0 Å². The van der Waals surface area contributed by atoms with E-state index in [1.54, 1.807) is 12.1 Å². The predicted octanol–water partition coefficient (Wildman–Crippen LogP) is 6.54. The molecule has 2 aliphatic rings. The van der Waals surface area contributed by atoms with Gasteiger partial charge >= 0.3 is 0 Å². The molecule has 2 heterocycles. The topological polar surface area (TPSA) is 39.3 Å². The average Bonchev–Trinajstić information content (AvgIpc) is 3.31. The number of hydrogen-bond donors (Lipinski definition) is 1. The van der Waals surface area contributed by atoms with Crippen molar-refractivity contribution in [2.75, 3.05) is 20.6 Å². The number of nitrogens with zero attached hydrogens (tertiary/aromatic N) is 2. The van der Waals surface area contributed by atoms with Gasteiger partial charge in [-0.1, -0.05) is 60.2 Å². The fourth-order valence-electron chi connectivity index (χ4n) is 7.01. The fraction of sp³-hybridized carbons (Fsp3) is 0.344. The SMILES string of the molecule is Cc1ccc(F)c(C(=O)N2CCc3c([nH]c4ccccc34)C23CCC(c2ccccc2)(N(C)C)CC3)c1. The highest BCUT2D eigenvalue weighted by molar-refractivity contribution is 5.96. The maximum Gasteiger partial charge on any atom is 0.257 e. The first-order chi connectivity index (χ1) is 17.9. The number of aromatic amines is 1. The van der Waals surface area contributed by atoms with Gasteiger partial charge in [-0.25, -0.2) is 4.39 Å². The van der Waals surface area contributed by atoms with Crippen LogP contribution < -0.4 is 0 Å². The van der Waals surface area contributed by atoms with E-state index in [-0.39, 0.29) is 17.0 Å². The quantitative estimate of drug-likeness (QED) is 0.351. The van der Waals surface area contributed by atoms with Gasteiger partial charge in [0.25, 0.3) is 5.91 Å². The van der Waals surface area contributed by atoms with Crippen molar-refractivity contribution >= 4 is 16.8 Å². The summed E-state index contributed by atoms with van der Waals surface area (Å²) in [4.78, 5) is 22.2.